The first-order chi connectivity index (χ1) is 5.88. The van der Waals surface area contributed by atoms with Crippen molar-refractivity contribution in [2.24, 2.45) is 12.8 Å². The fraction of sp³-hybridized carbons (Fsp3) is 0.667. The minimum absolute atomic E-state index is 0.352. The molecule has 13 heavy (non-hydrogen) atoms. The summed E-state index contributed by atoms with van der Waals surface area (Å²) in [6.45, 7) is 3.79. The van der Waals surface area contributed by atoms with E-state index in [1.54, 1.807) is 17.1 Å². The Morgan fingerprint density at radius 3 is 2.69 bits per heavy atom. The summed E-state index contributed by atoms with van der Waals surface area (Å²) in [5, 5.41) is 13.7. The van der Waals surface area contributed by atoms with Gasteiger partial charge in [-0.15, -0.1) is 0 Å². The summed E-state index contributed by atoms with van der Waals surface area (Å²) in [7, 11) is 1.82. The maximum atomic E-state index is 9.74. The van der Waals surface area contributed by atoms with Crippen LogP contribution in [0.15, 0.2) is 12.4 Å². The highest BCUT2D eigenvalue weighted by atomic mass is 16.3. The van der Waals surface area contributed by atoms with Crippen LogP contribution in [0.4, 0.5) is 0 Å². The molecule has 0 spiro atoms. The molecule has 0 radical (unpaired) electrons. The zero-order chi connectivity index (χ0) is 10.1. The van der Waals surface area contributed by atoms with Crippen molar-refractivity contribution < 1.29 is 5.11 Å². The van der Waals surface area contributed by atoms with Gasteiger partial charge >= 0.3 is 0 Å². The molecule has 1 heterocycles. The molecule has 0 aliphatic carbocycles. The minimum Gasteiger partial charge on any atom is -0.388 e. The monoisotopic (exact) mass is 183 g/mol. The number of aryl methyl sites for hydroxylation is 1. The highest BCUT2D eigenvalue weighted by Gasteiger charge is 2.19. The van der Waals surface area contributed by atoms with Gasteiger partial charge < -0.3 is 10.8 Å². The van der Waals surface area contributed by atoms with E-state index in [-0.39, 0.29) is 5.54 Å². The van der Waals surface area contributed by atoms with E-state index in [0.717, 1.165) is 5.56 Å². The van der Waals surface area contributed by atoms with Gasteiger partial charge in [0.15, 0.2) is 0 Å². The van der Waals surface area contributed by atoms with Gasteiger partial charge in [0.05, 0.1) is 12.3 Å². The Kier molecular flexibility index (Phi) is 2.73. The van der Waals surface area contributed by atoms with Crippen LogP contribution in [-0.2, 0) is 7.05 Å². The third-order valence-corrected chi connectivity index (χ3v) is 1.83. The second-order valence-corrected chi connectivity index (χ2v) is 4.16. The Bertz CT molecular complexity index is 275. The lowest BCUT2D eigenvalue weighted by atomic mass is 9.95. The van der Waals surface area contributed by atoms with Crippen LogP contribution < -0.4 is 5.73 Å². The third kappa shape index (κ3) is 3.16. The van der Waals surface area contributed by atoms with Gasteiger partial charge in [0.1, 0.15) is 0 Å². The van der Waals surface area contributed by atoms with Crippen LogP contribution in [0.2, 0.25) is 0 Å². The van der Waals surface area contributed by atoms with Gasteiger partial charge in [-0.3, -0.25) is 4.68 Å². The predicted molar refractivity (Wildman–Crippen MR) is 51.1 cm³/mol. The van der Waals surface area contributed by atoms with E-state index in [4.69, 9.17) is 5.73 Å². The number of aliphatic hydroxyl groups excluding tert-OH is 1. The molecular formula is C9H17N3O. The van der Waals surface area contributed by atoms with E-state index in [1.807, 2.05) is 20.9 Å². The van der Waals surface area contributed by atoms with Crippen molar-refractivity contribution in [3.8, 4) is 0 Å². The van der Waals surface area contributed by atoms with Gasteiger partial charge in [0.25, 0.3) is 0 Å². The number of hydrogen-bond acceptors (Lipinski definition) is 3. The summed E-state index contributed by atoms with van der Waals surface area (Å²) in [4.78, 5) is 0. The van der Waals surface area contributed by atoms with E-state index >= 15 is 0 Å². The van der Waals surface area contributed by atoms with E-state index in [1.165, 1.54) is 0 Å². The number of nitrogens with zero attached hydrogens (tertiary/aromatic N) is 2. The van der Waals surface area contributed by atoms with E-state index in [2.05, 4.69) is 5.10 Å². The van der Waals surface area contributed by atoms with Crippen molar-refractivity contribution in [1.29, 1.82) is 0 Å². The van der Waals surface area contributed by atoms with Gasteiger partial charge in [-0.2, -0.15) is 5.10 Å². The first kappa shape index (κ1) is 10.2. The zero-order valence-electron chi connectivity index (χ0n) is 8.36. The van der Waals surface area contributed by atoms with Crippen molar-refractivity contribution in [2.75, 3.05) is 0 Å². The maximum absolute atomic E-state index is 9.74. The number of aliphatic hydroxyl groups is 1. The first-order valence-corrected chi connectivity index (χ1v) is 4.34. The summed E-state index contributed by atoms with van der Waals surface area (Å²) in [6, 6.07) is 0. The van der Waals surface area contributed by atoms with Gasteiger partial charge in [0, 0.05) is 24.3 Å². The topological polar surface area (TPSA) is 64.1 Å². The lowest BCUT2D eigenvalue weighted by Gasteiger charge is -2.21. The molecule has 0 aromatic carbocycles. The lowest BCUT2D eigenvalue weighted by molar-refractivity contribution is 0.142. The molecule has 0 saturated heterocycles. The number of aromatic nitrogens is 2. The Balaban J connectivity index is 2.64. The van der Waals surface area contributed by atoms with Gasteiger partial charge in [-0.25, -0.2) is 0 Å². The van der Waals surface area contributed by atoms with Crippen molar-refractivity contribution in [3.05, 3.63) is 18.0 Å². The van der Waals surface area contributed by atoms with Gasteiger partial charge in [0.2, 0.25) is 0 Å². The zero-order valence-corrected chi connectivity index (χ0v) is 8.36. The smallest absolute Gasteiger partial charge is 0.0837 e. The second kappa shape index (κ2) is 3.47. The van der Waals surface area contributed by atoms with Crippen molar-refractivity contribution in [3.63, 3.8) is 0 Å². The summed E-state index contributed by atoms with van der Waals surface area (Å²) < 4.78 is 1.67. The maximum Gasteiger partial charge on any atom is 0.0837 e. The fourth-order valence-corrected chi connectivity index (χ4v) is 1.23. The first-order valence-electron chi connectivity index (χ1n) is 4.34. The molecule has 1 unspecified atom stereocenters. The summed E-state index contributed by atoms with van der Waals surface area (Å²) in [5.74, 6) is 0. The Morgan fingerprint density at radius 2 is 2.31 bits per heavy atom. The molecule has 1 aromatic heterocycles. The molecule has 1 aromatic rings. The molecular weight excluding hydrogens is 166 g/mol. The molecule has 3 N–H and O–H groups in total. The molecule has 74 valence electrons. The number of rotatable bonds is 3. The molecule has 0 amide bonds. The molecule has 0 bridgehead atoms. The molecule has 0 fully saturated rings. The van der Waals surface area contributed by atoms with Crippen LogP contribution in [0.25, 0.3) is 0 Å². The van der Waals surface area contributed by atoms with Crippen molar-refractivity contribution in [1.82, 2.24) is 9.78 Å². The SMILES string of the molecule is Cn1cc(C(O)CC(C)(C)N)cn1. The Hall–Kier alpha value is -0.870. The Morgan fingerprint density at radius 1 is 1.69 bits per heavy atom. The lowest BCUT2D eigenvalue weighted by Crippen LogP contribution is -2.33. The standard InChI is InChI=1S/C9H17N3O/c1-9(2,10)4-8(13)7-5-11-12(3)6-7/h5-6,8,13H,4,10H2,1-3H3. The molecule has 4 nitrogen and oxygen atoms in total. The largest absolute Gasteiger partial charge is 0.388 e. The summed E-state index contributed by atoms with van der Waals surface area (Å²) in [5.41, 5.74) is 6.26. The predicted octanol–water partition coefficient (Wildman–Crippen LogP) is 0.581. The van der Waals surface area contributed by atoms with Crippen LogP contribution >= 0.6 is 0 Å². The van der Waals surface area contributed by atoms with Crippen molar-refractivity contribution >= 4 is 0 Å². The average molecular weight is 183 g/mol. The highest BCUT2D eigenvalue weighted by molar-refractivity contribution is 5.08. The fourth-order valence-electron chi connectivity index (χ4n) is 1.23. The third-order valence-electron chi connectivity index (χ3n) is 1.83. The molecule has 0 saturated carbocycles. The number of nitrogens with two attached hydrogens (primary N) is 1. The summed E-state index contributed by atoms with van der Waals surface area (Å²) in [6.07, 6.45) is 3.49. The van der Waals surface area contributed by atoms with Crippen LogP contribution in [0, 0.1) is 0 Å². The molecule has 1 atom stereocenters. The molecule has 0 aliphatic heterocycles. The minimum atomic E-state index is -0.520. The molecule has 1 rings (SSSR count). The average Bonchev–Trinajstić information content (AvgIpc) is 2.31. The molecule has 0 aliphatic rings. The van der Waals surface area contributed by atoms with E-state index in [0.29, 0.717) is 6.42 Å². The molecule has 4 heteroatoms. The van der Waals surface area contributed by atoms with Gasteiger partial charge in [-0.05, 0) is 20.3 Å². The van der Waals surface area contributed by atoms with E-state index in [9.17, 15) is 5.11 Å². The van der Waals surface area contributed by atoms with Crippen molar-refractivity contribution in [2.45, 2.75) is 31.9 Å². The highest BCUT2D eigenvalue weighted by Crippen LogP contribution is 2.21. The quantitative estimate of drug-likeness (QED) is 0.720. The number of hydrogen-bond donors (Lipinski definition) is 2. The van der Waals surface area contributed by atoms with Crippen LogP contribution in [-0.4, -0.2) is 20.4 Å². The summed E-state index contributed by atoms with van der Waals surface area (Å²) >= 11 is 0. The normalized spacial score (nSPS) is 14.5. The van der Waals surface area contributed by atoms with E-state index < -0.39 is 6.10 Å². The van der Waals surface area contributed by atoms with Crippen LogP contribution in [0.5, 0.6) is 0 Å². The second-order valence-electron chi connectivity index (χ2n) is 4.16. The van der Waals surface area contributed by atoms with Crippen LogP contribution in [0.3, 0.4) is 0 Å². The van der Waals surface area contributed by atoms with Gasteiger partial charge in [-0.1, -0.05) is 0 Å². The Labute approximate surface area is 78.4 Å². The van der Waals surface area contributed by atoms with Crippen LogP contribution in [0.1, 0.15) is 31.9 Å².